The van der Waals surface area contributed by atoms with Crippen molar-refractivity contribution in [1.82, 2.24) is 10.2 Å². The minimum Gasteiger partial charge on any atom is -0.378 e. The van der Waals surface area contributed by atoms with Crippen LogP contribution in [-0.2, 0) is 4.74 Å². The van der Waals surface area contributed by atoms with Crippen molar-refractivity contribution < 1.29 is 9.53 Å². The molecule has 2 heterocycles. The number of hydrogen-bond acceptors (Lipinski definition) is 4. The maximum absolute atomic E-state index is 12.6. The standard InChI is InChI=1S/C27H39N3O2/c1-27(2)22-6-3-20(25(27)19-22)9-12-28-23-10-13-29(14-11-23)24-7-4-21(5-8-24)26(31)30-15-17-32-18-16-30/h3-5,7-8,22-23,25,28H,6,9-19H2,1-2H3/t22-,25-/m0/s1. The smallest absolute Gasteiger partial charge is 0.254 e. The molecule has 0 unspecified atom stereocenters. The van der Waals surface area contributed by atoms with E-state index >= 15 is 0 Å². The first-order chi connectivity index (χ1) is 15.5. The van der Waals surface area contributed by atoms with Gasteiger partial charge in [-0.2, -0.15) is 0 Å². The van der Waals surface area contributed by atoms with E-state index in [0.717, 1.165) is 37.0 Å². The summed E-state index contributed by atoms with van der Waals surface area (Å²) in [6, 6.07) is 8.83. The third-order valence-corrected chi connectivity index (χ3v) is 8.70. The fourth-order valence-electron chi connectivity index (χ4n) is 6.28. The molecule has 1 amide bonds. The molecule has 1 saturated carbocycles. The van der Waals surface area contributed by atoms with Crippen LogP contribution in [0.2, 0.25) is 0 Å². The van der Waals surface area contributed by atoms with Crippen LogP contribution in [0, 0.1) is 17.3 Å². The van der Waals surface area contributed by atoms with Crippen LogP contribution in [0.15, 0.2) is 35.9 Å². The molecule has 0 radical (unpaired) electrons. The number of amides is 1. The largest absolute Gasteiger partial charge is 0.378 e. The fraction of sp³-hybridized carbons (Fsp3) is 0.667. The summed E-state index contributed by atoms with van der Waals surface area (Å²) in [5.74, 6) is 1.89. The first kappa shape index (κ1) is 22.0. The van der Waals surface area contributed by atoms with Crippen molar-refractivity contribution in [1.29, 1.82) is 0 Å². The maximum atomic E-state index is 12.6. The normalized spacial score (nSPS) is 27.6. The summed E-state index contributed by atoms with van der Waals surface area (Å²) >= 11 is 0. The summed E-state index contributed by atoms with van der Waals surface area (Å²) in [6.45, 7) is 10.9. The monoisotopic (exact) mass is 437 g/mol. The topological polar surface area (TPSA) is 44.8 Å². The summed E-state index contributed by atoms with van der Waals surface area (Å²) in [5.41, 5.74) is 4.27. The molecule has 2 atom stereocenters. The minimum absolute atomic E-state index is 0.122. The van der Waals surface area contributed by atoms with E-state index in [-0.39, 0.29) is 5.91 Å². The Bertz CT molecular complexity index is 833. The van der Waals surface area contributed by atoms with E-state index in [9.17, 15) is 4.79 Å². The number of hydrogen-bond donors (Lipinski definition) is 1. The molecule has 0 aromatic heterocycles. The molecule has 32 heavy (non-hydrogen) atoms. The van der Waals surface area contributed by atoms with E-state index in [0.29, 0.717) is 37.8 Å². The lowest BCUT2D eigenvalue weighted by Gasteiger charge is -2.56. The molecule has 5 heteroatoms. The third-order valence-electron chi connectivity index (χ3n) is 8.70. The Morgan fingerprint density at radius 2 is 1.81 bits per heavy atom. The van der Waals surface area contributed by atoms with Gasteiger partial charge in [0, 0.05) is 43.5 Å². The molecule has 1 aromatic carbocycles. The molecule has 3 fully saturated rings. The Morgan fingerprint density at radius 3 is 2.47 bits per heavy atom. The van der Waals surface area contributed by atoms with E-state index < -0.39 is 0 Å². The van der Waals surface area contributed by atoms with Crippen molar-refractivity contribution >= 4 is 11.6 Å². The van der Waals surface area contributed by atoms with Crippen molar-refractivity contribution in [3.63, 3.8) is 0 Å². The van der Waals surface area contributed by atoms with Gasteiger partial charge in [0.1, 0.15) is 0 Å². The average Bonchev–Trinajstić information content (AvgIpc) is 2.85. The van der Waals surface area contributed by atoms with Crippen LogP contribution in [-0.4, -0.2) is 62.8 Å². The molecule has 6 rings (SSSR count). The van der Waals surface area contributed by atoms with Crippen LogP contribution in [0.25, 0.3) is 0 Å². The maximum Gasteiger partial charge on any atom is 0.254 e. The predicted octanol–water partition coefficient (Wildman–Crippen LogP) is 4.10. The molecule has 2 aliphatic heterocycles. The van der Waals surface area contributed by atoms with Crippen LogP contribution in [0.1, 0.15) is 56.3 Å². The van der Waals surface area contributed by atoms with E-state index in [1.165, 1.54) is 37.8 Å². The first-order valence-electron chi connectivity index (χ1n) is 12.7. The van der Waals surface area contributed by atoms with Gasteiger partial charge in [0.2, 0.25) is 0 Å². The highest BCUT2D eigenvalue weighted by atomic mass is 16.5. The van der Waals surface area contributed by atoms with Crippen molar-refractivity contribution in [3.8, 4) is 0 Å². The molecule has 0 spiro atoms. The van der Waals surface area contributed by atoms with Gasteiger partial charge in [-0.05, 0) is 80.2 Å². The summed E-state index contributed by atoms with van der Waals surface area (Å²) in [7, 11) is 0. The van der Waals surface area contributed by atoms with Crippen LogP contribution in [0.5, 0.6) is 0 Å². The van der Waals surface area contributed by atoms with Crippen LogP contribution < -0.4 is 10.2 Å². The predicted molar refractivity (Wildman–Crippen MR) is 129 cm³/mol. The molecule has 3 aliphatic carbocycles. The zero-order valence-corrected chi connectivity index (χ0v) is 19.8. The number of fused-ring (bicyclic) bond motifs is 1. The number of ether oxygens (including phenoxy) is 1. The van der Waals surface area contributed by atoms with Gasteiger partial charge in [-0.15, -0.1) is 0 Å². The molecular formula is C27H39N3O2. The quantitative estimate of drug-likeness (QED) is 0.681. The number of piperidine rings is 1. The molecule has 1 N–H and O–H groups in total. The Balaban J connectivity index is 1.06. The Labute approximate surface area is 193 Å². The van der Waals surface area contributed by atoms with Crippen LogP contribution in [0.4, 0.5) is 5.69 Å². The van der Waals surface area contributed by atoms with Crippen LogP contribution in [0.3, 0.4) is 0 Å². The summed E-state index contributed by atoms with van der Waals surface area (Å²) in [4.78, 5) is 17.0. The number of carbonyl (C=O) groups excluding carboxylic acids is 1. The highest BCUT2D eigenvalue weighted by Crippen LogP contribution is 2.59. The zero-order valence-electron chi connectivity index (χ0n) is 19.8. The van der Waals surface area contributed by atoms with Crippen molar-refractivity contribution in [3.05, 3.63) is 41.5 Å². The Hall–Kier alpha value is -1.85. The second-order valence-electron chi connectivity index (χ2n) is 10.7. The molecule has 2 bridgehead atoms. The lowest BCUT2D eigenvalue weighted by molar-refractivity contribution is -0.00820. The highest BCUT2D eigenvalue weighted by Gasteiger charge is 2.50. The number of morpholine rings is 1. The summed E-state index contributed by atoms with van der Waals surface area (Å²) in [6.07, 6.45) is 8.86. The lowest BCUT2D eigenvalue weighted by atomic mass is 9.48. The van der Waals surface area contributed by atoms with Gasteiger partial charge in [-0.25, -0.2) is 0 Å². The number of benzene rings is 1. The van der Waals surface area contributed by atoms with Crippen molar-refractivity contribution in [2.75, 3.05) is 50.8 Å². The van der Waals surface area contributed by atoms with Gasteiger partial charge in [0.15, 0.2) is 0 Å². The van der Waals surface area contributed by atoms with E-state index in [4.69, 9.17) is 4.74 Å². The van der Waals surface area contributed by atoms with Gasteiger partial charge >= 0.3 is 0 Å². The second kappa shape index (κ2) is 9.18. The van der Waals surface area contributed by atoms with Gasteiger partial charge in [-0.1, -0.05) is 25.5 Å². The second-order valence-corrected chi connectivity index (χ2v) is 10.7. The Kier molecular flexibility index (Phi) is 6.31. The van der Waals surface area contributed by atoms with E-state index in [2.05, 4.69) is 42.3 Å². The number of allylic oxidation sites excluding steroid dienone is 1. The number of anilines is 1. The molecule has 2 saturated heterocycles. The number of rotatable bonds is 6. The first-order valence-corrected chi connectivity index (χ1v) is 12.7. The average molecular weight is 438 g/mol. The van der Waals surface area contributed by atoms with Gasteiger partial charge in [-0.3, -0.25) is 4.79 Å². The summed E-state index contributed by atoms with van der Waals surface area (Å²) < 4.78 is 5.35. The Morgan fingerprint density at radius 1 is 1.09 bits per heavy atom. The molecule has 174 valence electrons. The van der Waals surface area contributed by atoms with Crippen molar-refractivity contribution in [2.45, 2.75) is 52.0 Å². The number of carbonyl (C=O) groups is 1. The number of nitrogens with one attached hydrogen (secondary N) is 1. The molecular weight excluding hydrogens is 398 g/mol. The van der Waals surface area contributed by atoms with E-state index in [1.54, 1.807) is 5.57 Å². The SMILES string of the molecule is CC1(C)[C@H]2CC=C(CCNC3CCN(c4ccc(C(=O)N5CCOCC5)cc4)CC3)[C@@H]1C2. The molecule has 5 aliphatic rings. The third kappa shape index (κ3) is 4.34. The molecule has 1 aromatic rings. The highest BCUT2D eigenvalue weighted by molar-refractivity contribution is 5.94. The van der Waals surface area contributed by atoms with Gasteiger partial charge < -0.3 is 19.9 Å². The minimum atomic E-state index is 0.122. The van der Waals surface area contributed by atoms with Crippen LogP contribution >= 0.6 is 0 Å². The molecule has 5 nitrogen and oxygen atoms in total. The zero-order chi connectivity index (χ0) is 22.1. The summed E-state index contributed by atoms with van der Waals surface area (Å²) in [5, 5.41) is 3.84. The van der Waals surface area contributed by atoms with Crippen molar-refractivity contribution in [2.24, 2.45) is 17.3 Å². The fourth-order valence-corrected chi connectivity index (χ4v) is 6.28. The lowest BCUT2D eigenvalue weighted by Crippen LogP contribution is -2.48. The number of nitrogens with zero attached hydrogens (tertiary/aromatic N) is 2. The van der Waals surface area contributed by atoms with Gasteiger partial charge in [0.05, 0.1) is 13.2 Å². The van der Waals surface area contributed by atoms with Gasteiger partial charge in [0.25, 0.3) is 5.91 Å². The van der Waals surface area contributed by atoms with E-state index in [1.807, 2.05) is 17.0 Å².